The number of carbonyl (C=O) groups is 1. The van der Waals surface area contributed by atoms with Crippen molar-refractivity contribution in [2.45, 2.75) is 70.4 Å². The van der Waals surface area contributed by atoms with Crippen molar-refractivity contribution in [3.8, 4) is 11.5 Å². The van der Waals surface area contributed by atoms with E-state index in [9.17, 15) is 4.79 Å². The summed E-state index contributed by atoms with van der Waals surface area (Å²) in [6, 6.07) is 6.00. The molecule has 168 valence electrons. The number of rotatable bonds is 12. The molecular formula is C23H37N3O4. The van der Waals surface area contributed by atoms with Crippen LogP contribution in [0.1, 0.15) is 63.4 Å². The van der Waals surface area contributed by atoms with Crippen molar-refractivity contribution in [3.63, 3.8) is 0 Å². The molecular weight excluding hydrogens is 382 g/mol. The van der Waals surface area contributed by atoms with E-state index in [1.807, 2.05) is 12.1 Å². The average molecular weight is 420 g/mol. The number of hydrogen-bond acceptors (Lipinski definition) is 5. The van der Waals surface area contributed by atoms with Crippen LogP contribution in [0.2, 0.25) is 0 Å². The summed E-state index contributed by atoms with van der Waals surface area (Å²) in [5.41, 5.74) is 1.06. The molecule has 2 rings (SSSR count). The second-order valence-electron chi connectivity index (χ2n) is 7.57. The summed E-state index contributed by atoms with van der Waals surface area (Å²) in [6.07, 6.45) is 9.43. The minimum atomic E-state index is -0.133. The van der Waals surface area contributed by atoms with Crippen LogP contribution in [-0.2, 0) is 16.1 Å². The van der Waals surface area contributed by atoms with E-state index < -0.39 is 0 Å². The Morgan fingerprint density at radius 2 is 1.87 bits per heavy atom. The smallest absolute Gasteiger partial charge is 0.305 e. The number of hydrogen-bond donors (Lipinski definition) is 2. The zero-order valence-corrected chi connectivity index (χ0v) is 18.7. The summed E-state index contributed by atoms with van der Waals surface area (Å²) in [5.74, 6) is 2.24. The lowest BCUT2D eigenvalue weighted by Gasteiger charge is -2.20. The fraction of sp³-hybridized carbons (Fsp3) is 0.652. The van der Waals surface area contributed by atoms with Crippen molar-refractivity contribution in [1.82, 2.24) is 10.6 Å². The first-order valence-corrected chi connectivity index (χ1v) is 11.0. The number of ether oxygens (including phenoxy) is 3. The SMILES string of the molecule is CN=C(NCCCCCCC(=O)OC)NCc1cccc(OC)c1OC1CCCC1. The molecule has 7 nitrogen and oxygen atoms in total. The molecule has 0 heterocycles. The van der Waals surface area contributed by atoms with E-state index >= 15 is 0 Å². The number of unbranched alkanes of at least 4 members (excludes halogenated alkanes) is 3. The van der Waals surface area contributed by atoms with E-state index in [0.717, 1.165) is 68.1 Å². The molecule has 0 unspecified atom stereocenters. The second kappa shape index (κ2) is 13.7. The van der Waals surface area contributed by atoms with E-state index in [1.54, 1.807) is 14.2 Å². The largest absolute Gasteiger partial charge is 0.493 e. The van der Waals surface area contributed by atoms with Gasteiger partial charge in [0.05, 0.1) is 20.3 Å². The Labute approximate surface area is 180 Å². The molecule has 1 aromatic rings. The highest BCUT2D eigenvalue weighted by Gasteiger charge is 2.20. The van der Waals surface area contributed by atoms with E-state index in [4.69, 9.17) is 9.47 Å². The van der Waals surface area contributed by atoms with Crippen molar-refractivity contribution in [2.24, 2.45) is 4.99 Å². The summed E-state index contributed by atoms with van der Waals surface area (Å²) in [7, 11) is 4.88. The van der Waals surface area contributed by atoms with Crippen LogP contribution in [-0.4, -0.2) is 45.8 Å². The molecule has 30 heavy (non-hydrogen) atoms. The Hall–Kier alpha value is -2.44. The third-order valence-electron chi connectivity index (χ3n) is 5.36. The summed E-state index contributed by atoms with van der Waals surface area (Å²) < 4.78 is 16.5. The van der Waals surface area contributed by atoms with Gasteiger partial charge in [0.15, 0.2) is 17.5 Å². The van der Waals surface area contributed by atoms with Crippen LogP contribution in [0.4, 0.5) is 0 Å². The van der Waals surface area contributed by atoms with E-state index in [-0.39, 0.29) is 12.1 Å². The van der Waals surface area contributed by atoms with Crippen LogP contribution in [0, 0.1) is 0 Å². The number of esters is 1. The van der Waals surface area contributed by atoms with E-state index in [1.165, 1.54) is 20.0 Å². The molecule has 1 aliphatic rings. The van der Waals surface area contributed by atoms with Crippen molar-refractivity contribution >= 4 is 11.9 Å². The number of nitrogens with zero attached hydrogens (tertiary/aromatic N) is 1. The van der Waals surface area contributed by atoms with Gasteiger partial charge in [-0.1, -0.05) is 25.0 Å². The van der Waals surface area contributed by atoms with Gasteiger partial charge in [-0.3, -0.25) is 9.79 Å². The Bertz CT molecular complexity index is 672. The highest BCUT2D eigenvalue weighted by molar-refractivity contribution is 5.79. The van der Waals surface area contributed by atoms with Crippen molar-refractivity contribution in [1.29, 1.82) is 0 Å². The van der Waals surface area contributed by atoms with Gasteiger partial charge in [-0.05, 0) is 44.6 Å². The molecule has 1 saturated carbocycles. The zero-order chi connectivity index (χ0) is 21.6. The molecule has 1 fully saturated rings. The first kappa shape index (κ1) is 23.8. The Morgan fingerprint density at radius 1 is 1.10 bits per heavy atom. The first-order chi connectivity index (χ1) is 14.7. The van der Waals surface area contributed by atoms with Crippen LogP contribution in [0.15, 0.2) is 23.2 Å². The Balaban J connectivity index is 1.76. The normalized spacial score (nSPS) is 14.4. The third kappa shape index (κ3) is 8.13. The van der Waals surface area contributed by atoms with Crippen molar-refractivity contribution in [2.75, 3.05) is 27.8 Å². The maximum atomic E-state index is 11.1. The molecule has 0 aromatic heterocycles. The number of carbonyl (C=O) groups excluding carboxylic acids is 1. The first-order valence-electron chi connectivity index (χ1n) is 11.0. The predicted molar refractivity (Wildman–Crippen MR) is 119 cm³/mol. The highest BCUT2D eigenvalue weighted by Crippen LogP contribution is 2.34. The van der Waals surface area contributed by atoms with Crippen LogP contribution >= 0.6 is 0 Å². The van der Waals surface area contributed by atoms with Gasteiger partial charge in [0, 0.05) is 32.1 Å². The third-order valence-corrected chi connectivity index (χ3v) is 5.36. The topological polar surface area (TPSA) is 81.2 Å². The molecule has 0 amide bonds. The van der Waals surface area contributed by atoms with E-state index in [0.29, 0.717) is 13.0 Å². The molecule has 0 aliphatic heterocycles. The number of methoxy groups -OCH3 is 2. The van der Waals surface area contributed by atoms with Gasteiger partial charge in [0.1, 0.15) is 0 Å². The monoisotopic (exact) mass is 419 g/mol. The molecule has 1 aromatic carbocycles. The maximum absolute atomic E-state index is 11.1. The number of nitrogens with one attached hydrogen (secondary N) is 2. The molecule has 1 aliphatic carbocycles. The van der Waals surface area contributed by atoms with Gasteiger partial charge in [0.25, 0.3) is 0 Å². The summed E-state index contributed by atoms with van der Waals surface area (Å²) in [6.45, 7) is 1.44. The molecule has 0 saturated heterocycles. The Kier molecular flexibility index (Phi) is 10.9. The van der Waals surface area contributed by atoms with Gasteiger partial charge < -0.3 is 24.8 Å². The van der Waals surface area contributed by atoms with Crippen LogP contribution in [0.3, 0.4) is 0 Å². The number of benzene rings is 1. The fourth-order valence-electron chi connectivity index (χ4n) is 3.62. The lowest BCUT2D eigenvalue weighted by atomic mass is 10.1. The lowest BCUT2D eigenvalue weighted by molar-refractivity contribution is -0.140. The van der Waals surface area contributed by atoms with E-state index in [2.05, 4.69) is 26.4 Å². The number of guanidine groups is 1. The highest BCUT2D eigenvalue weighted by atomic mass is 16.5. The van der Waals surface area contributed by atoms with Crippen LogP contribution in [0.25, 0.3) is 0 Å². The van der Waals surface area contributed by atoms with Crippen LogP contribution < -0.4 is 20.1 Å². The number of aliphatic imine (C=N–C) groups is 1. The number of para-hydroxylation sites is 1. The summed E-state index contributed by atoms with van der Waals surface area (Å²) in [5, 5.41) is 6.72. The second-order valence-corrected chi connectivity index (χ2v) is 7.57. The van der Waals surface area contributed by atoms with Gasteiger partial charge in [0.2, 0.25) is 0 Å². The summed E-state index contributed by atoms with van der Waals surface area (Å²) in [4.78, 5) is 15.4. The van der Waals surface area contributed by atoms with Gasteiger partial charge in [-0.25, -0.2) is 0 Å². The van der Waals surface area contributed by atoms with Crippen molar-refractivity contribution < 1.29 is 19.0 Å². The maximum Gasteiger partial charge on any atom is 0.305 e. The lowest BCUT2D eigenvalue weighted by Crippen LogP contribution is -2.37. The zero-order valence-electron chi connectivity index (χ0n) is 18.7. The minimum Gasteiger partial charge on any atom is -0.493 e. The predicted octanol–water partition coefficient (Wildman–Crippen LogP) is 3.81. The standard InChI is InChI=1S/C23H37N3O4/c1-24-23(25-16-9-5-4-6-15-21(27)29-3)26-17-18-11-10-14-20(28-2)22(18)30-19-12-7-8-13-19/h10-11,14,19H,4-9,12-13,15-17H2,1-3H3,(H2,24,25,26). The molecule has 0 atom stereocenters. The molecule has 7 heteroatoms. The Morgan fingerprint density at radius 3 is 2.57 bits per heavy atom. The molecule has 2 N–H and O–H groups in total. The van der Waals surface area contributed by atoms with Gasteiger partial charge in [-0.15, -0.1) is 0 Å². The molecule has 0 radical (unpaired) electrons. The minimum absolute atomic E-state index is 0.133. The summed E-state index contributed by atoms with van der Waals surface area (Å²) >= 11 is 0. The quantitative estimate of drug-likeness (QED) is 0.232. The molecule has 0 spiro atoms. The van der Waals surface area contributed by atoms with Crippen molar-refractivity contribution in [3.05, 3.63) is 23.8 Å². The van der Waals surface area contributed by atoms with Gasteiger partial charge in [-0.2, -0.15) is 0 Å². The van der Waals surface area contributed by atoms with Gasteiger partial charge >= 0.3 is 5.97 Å². The van der Waals surface area contributed by atoms with Crippen LogP contribution in [0.5, 0.6) is 11.5 Å². The average Bonchev–Trinajstić information content (AvgIpc) is 3.28. The fourth-order valence-corrected chi connectivity index (χ4v) is 3.62. The molecule has 0 bridgehead atoms.